The number of fused-ring (bicyclic) bond motifs is 1. The summed E-state index contributed by atoms with van der Waals surface area (Å²) in [6.07, 6.45) is 1.60. The summed E-state index contributed by atoms with van der Waals surface area (Å²) >= 11 is 6.02. The molecule has 0 radical (unpaired) electrons. The van der Waals surface area contributed by atoms with E-state index in [1.165, 1.54) is 0 Å². The molecule has 5 heteroatoms. The van der Waals surface area contributed by atoms with Gasteiger partial charge in [-0.2, -0.15) is 5.10 Å². The summed E-state index contributed by atoms with van der Waals surface area (Å²) < 4.78 is 0. The quantitative estimate of drug-likeness (QED) is 0.584. The molecule has 1 heterocycles. The minimum absolute atomic E-state index is 0.296. The van der Waals surface area contributed by atoms with Gasteiger partial charge in [0.15, 0.2) is 0 Å². The zero-order valence-corrected chi connectivity index (χ0v) is 13.2. The summed E-state index contributed by atoms with van der Waals surface area (Å²) in [5.41, 5.74) is 5.47. The van der Waals surface area contributed by atoms with Crippen molar-refractivity contribution in [2.45, 2.75) is 6.92 Å². The molecule has 0 aliphatic rings. The maximum Gasteiger partial charge on any atom is 0.272 e. The Kier molecular flexibility index (Phi) is 4.35. The standard InChI is InChI=1S/C18H14ClN3O/c1-12(13-5-3-2-4-6-13)21-22-18(23)15-9-10-20-17-8-7-14(19)11-16(15)17/h2-11H,1H3,(H,22,23). The van der Waals surface area contributed by atoms with Crippen LogP contribution in [-0.2, 0) is 0 Å². The summed E-state index contributed by atoms with van der Waals surface area (Å²) in [6, 6.07) is 16.6. The Morgan fingerprint density at radius 3 is 2.70 bits per heavy atom. The monoisotopic (exact) mass is 323 g/mol. The highest BCUT2D eigenvalue weighted by molar-refractivity contribution is 6.31. The van der Waals surface area contributed by atoms with Crippen molar-refractivity contribution in [2.75, 3.05) is 0 Å². The first-order valence-electron chi connectivity index (χ1n) is 7.09. The van der Waals surface area contributed by atoms with Gasteiger partial charge in [0.25, 0.3) is 5.91 Å². The van der Waals surface area contributed by atoms with Gasteiger partial charge in [-0.3, -0.25) is 9.78 Å². The van der Waals surface area contributed by atoms with Crippen molar-refractivity contribution in [2.24, 2.45) is 5.10 Å². The Labute approximate surface area is 138 Å². The third-order valence-corrected chi connectivity index (χ3v) is 3.70. The largest absolute Gasteiger partial charge is 0.272 e. The fourth-order valence-electron chi connectivity index (χ4n) is 2.26. The van der Waals surface area contributed by atoms with Crippen LogP contribution in [0.1, 0.15) is 22.8 Å². The third kappa shape index (κ3) is 3.38. The highest BCUT2D eigenvalue weighted by atomic mass is 35.5. The van der Waals surface area contributed by atoms with E-state index in [1.807, 2.05) is 37.3 Å². The summed E-state index contributed by atoms with van der Waals surface area (Å²) in [5, 5.41) is 5.42. The Morgan fingerprint density at radius 2 is 1.91 bits per heavy atom. The fraction of sp³-hybridized carbons (Fsp3) is 0.0556. The Bertz CT molecular complexity index is 891. The van der Waals surface area contributed by atoms with Crippen molar-refractivity contribution in [3.63, 3.8) is 0 Å². The van der Waals surface area contributed by atoms with Crippen LogP contribution in [0.5, 0.6) is 0 Å². The highest BCUT2D eigenvalue weighted by Crippen LogP contribution is 2.21. The maximum atomic E-state index is 12.4. The van der Waals surface area contributed by atoms with E-state index in [-0.39, 0.29) is 5.91 Å². The van der Waals surface area contributed by atoms with Crippen LogP contribution in [0.3, 0.4) is 0 Å². The van der Waals surface area contributed by atoms with Gasteiger partial charge in [0.1, 0.15) is 0 Å². The molecule has 0 bridgehead atoms. The first-order valence-corrected chi connectivity index (χ1v) is 7.47. The molecule has 0 spiro atoms. The smallest absolute Gasteiger partial charge is 0.267 e. The topological polar surface area (TPSA) is 54.4 Å². The summed E-state index contributed by atoms with van der Waals surface area (Å²) in [7, 11) is 0. The number of aromatic nitrogens is 1. The normalized spacial score (nSPS) is 11.5. The average Bonchev–Trinajstić information content (AvgIpc) is 2.59. The minimum atomic E-state index is -0.296. The van der Waals surface area contributed by atoms with Crippen molar-refractivity contribution in [3.8, 4) is 0 Å². The van der Waals surface area contributed by atoms with E-state index in [0.717, 1.165) is 11.3 Å². The minimum Gasteiger partial charge on any atom is -0.267 e. The molecule has 1 amide bonds. The molecule has 3 rings (SSSR count). The van der Waals surface area contributed by atoms with Gasteiger partial charge in [-0.05, 0) is 36.8 Å². The van der Waals surface area contributed by atoms with Gasteiger partial charge in [-0.1, -0.05) is 41.9 Å². The molecule has 0 unspecified atom stereocenters. The van der Waals surface area contributed by atoms with Gasteiger partial charge in [-0.15, -0.1) is 0 Å². The molecule has 0 saturated heterocycles. The van der Waals surface area contributed by atoms with Crippen LogP contribution in [0.25, 0.3) is 10.9 Å². The molecular weight excluding hydrogens is 310 g/mol. The van der Waals surface area contributed by atoms with Crippen LogP contribution < -0.4 is 5.43 Å². The Morgan fingerprint density at radius 1 is 1.13 bits per heavy atom. The lowest BCUT2D eigenvalue weighted by molar-refractivity contribution is 0.0956. The molecule has 0 atom stereocenters. The van der Waals surface area contributed by atoms with Crippen LogP contribution >= 0.6 is 11.6 Å². The number of pyridine rings is 1. The zero-order chi connectivity index (χ0) is 16.2. The van der Waals surface area contributed by atoms with E-state index in [2.05, 4.69) is 15.5 Å². The van der Waals surface area contributed by atoms with E-state index >= 15 is 0 Å². The predicted molar refractivity (Wildman–Crippen MR) is 92.9 cm³/mol. The first-order chi connectivity index (χ1) is 11.1. The second kappa shape index (κ2) is 6.58. The predicted octanol–water partition coefficient (Wildman–Crippen LogP) is 4.04. The van der Waals surface area contributed by atoms with E-state index in [9.17, 15) is 4.79 Å². The lowest BCUT2D eigenvalue weighted by Crippen LogP contribution is -2.19. The molecule has 4 nitrogen and oxygen atoms in total. The fourth-order valence-corrected chi connectivity index (χ4v) is 2.43. The molecule has 3 aromatic rings. The van der Waals surface area contributed by atoms with Crippen molar-refractivity contribution < 1.29 is 4.79 Å². The molecule has 0 aliphatic carbocycles. The number of hydrazone groups is 1. The Hall–Kier alpha value is -2.72. The van der Waals surface area contributed by atoms with E-state index in [1.54, 1.807) is 30.5 Å². The number of hydrogen-bond donors (Lipinski definition) is 1. The molecule has 0 saturated carbocycles. The van der Waals surface area contributed by atoms with Gasteiger partial charge in [0.05, 0.1) is 16.8 Å². The number of carbonyl (C=O) groups is 1. The van der Waals surface area contributed by atoms with Crippen molar-refractivity contribution >= 4 is 34.1 Å². The maximum absolute atomic E-state index is 12.4. The van der Waals surface area contributed by atoms with Crippen LogP contribution in [0.4, 0.5) is 0 Å². The van der Waals surface area contributed by atoms with Gasteiger partial charge >= 0.3 is 0 Å². The molecule has 1 N–H and O–H groups in total. The van der Waals surface area contributed by atoms with Crippen LogP contribution in [0.15, 0.2) is 65.9 Å². The average molecular weight is 324 g/mol. The number of rotatable bonds is 3. The third-order valence-electron chi connectivity index (χ3n) is 3.46. The Balaban J connectivity index is 1.88. The lowest BCUT2D eigenvalue weighted by Gasteiger charge is -2.06. The van der Waals surface area contributed by atoms with Gasteiger partial charge < -0.3 is 0 Å². The molecule has 0 fully saturated rings. The summed E-state index contributed by atoms with van der Waals surface area (Å²) in [4.78, 5) is 16.7. The second-order valence-electron chi connectivity index (χ2n) is 5.02. The van der Waals surface area contributed by atoms with Gasteiger partial charge in [0, 0.05) is 16.6 Å². The van der Waals surface area contributed by atoms with Crippen molar-refractivity contribution in [1.82, 2.24) is 10.4 Å². The lowest BCUT2D eigenvalue weighted by atomic mass is 10.1. The van der Waals surface area contributed by atoms with Gasteiger partial charge in [-0.25, -0.2) is 5.43 Å². The van der Waals surface area contributed by atoms with E-state index in [4.69, 9.17) is 11.6 Å². The summed E-state index contributed by atoms with van der Waals surface area (Å²) in [6.45, 7) is 1.84. The molecule has 2 aromatic carbocycles. The number of carbonyl (C=O) groups excluding carboxylic acids is 1. The molecule has 114 valence electrons. The van der Waals surface area contributed by atoms with Crippen molar-refractivity contribution in [3.05, 3.63) is 76.9 Å². The van der Waals surface area contributed by atoms with Crippen LogP contribution in [-0.4, -0.2) is 16.6 Å². The van der Waals surface area contributed by atoms with Crippen LogP contribution in [0, 0.1) is 0 Å². The number of benzene rings is 2. The van der Waals surface area contributed by atoms with E-state index in [0.29, 0.717) is 21.5 Å². The number of nitrogens with zero attached hydrogens (tertiary/aromatic N) is 2. The van der Waals surface area contributed by atoms with E-state index < -0.39 is 0 Å². The summed E-state index contributed by atoms with van der Waals surface area (Å²) in [5.74, 6) is -0.296. The molecule has 0 aliphatic heterocycles. The molecular formula is C18H14ClN3O. The van der Waals surface area contributed by atoms with Crippen molar-refractivity contribution in [1.29, 1.82) is 0 Å². The number of amides is 1. The van der Waals surface area contributed by atoms with Crippen LogP contribution in [0.2, 0.25) is 5.02 Å². The van der Waals surface area contributed by atoms with Gasteiger partial charge in [0.2, 0.25) is 0 Å². The highest BCUT2D eigenvalue weighted by Gasteiger charge is 2.10. The SMILES string of the molecule is CC(=NNC(=O)c1ccnc2ccc(Cl)cc12)c1ccccc1. The number of nitrogens with one attached hydrogen (secondary N) is 1. The second-order valence-corrected chi connectivity index (χ2v) is 5.46. The molecule has 1 aromatic heterocycles. The zero-order valence-electron chi connectivity index (χ0n) is 12.5. The number of hydrogen-bond acceptors (Lipinski definition) is 3. The number of halogens is 1. The first kappa shape index (κ1) is 15.2. The molecule has 23 heavy (non-hydrogen) atoms.